The molecule has 4 fully saturated rings. The Hall–Kier alpha value is -1.34. The zero-order valence-electron chi connectivity index (χ0n) is 15.0. The molecule has 0 aromatic carbocycles. The lowest BCUT2D eigenvalue weighted by molar-refractivity contribution is -0.149. The second kappa shape index (κ2) is 8.16. The predicted octanol–water partition coefficient (Wildman–Crippen LogP) is -0.163. The maximum Gasteiger partial charge on any atom is 0.310 e. The van der Waals surface area contributed by atoms with Crippen LogP contribution in [0.1, 0.15) is 19.8 Å². The highest BCUT2D eigenvalue weighted by Crippen LogP contribution is 2.19. The summed E-state index contributed by atoms with van der Waals surface area (Å²) in [5.74, 6) is 0.820. The Kier molecular flexibility index (Phi) is 5.94. The Morgan fingerprint density at radius 2 is 2.00 bits per heavy atom. The van der Waals surface area contributed by atoms with Crippen molar-refractivity contribution in [2.45, 2.75) is 25.8 Å². The van der Waals surface area contributed by atoms with E-state index in [9.17, 15) is 4.79 Å². The van der Waals surface area contributed by atoms with E-state index in [1.807, 2.05) is 14.0 Å². The number of hydrogen-bond acceptors (Lipinski definition) is 5. The summed E-state index contributed by atoms with van der Waals surface area (Å²) < 4.78 is 5.19. The predicted molar refractivity (Wildman–Crippen MR) is 94.1 cm³/mol. The molecule has 2 atom stereocenters. The average Bonchev–Trinajstić information content (AvgIpc) is 2.64. The third-order valence-corrected chi connectivity index (χ3v) is 5.44. The molecular weight excluding hydrogens is 306 g/mol. The number of carbonyl (C=O) groups excluding carboxylic acids is 1. The van der Waals surface area contributed by atoms with Gasteiger partial charge in [0, 0.05) is 65.4 Å². The fourth-order valence-corrected chi connectivity index (χ4v) is 4.08. The van der Waals surface area contributed by atoms with E-state index in [2.05, 4.69) is 25.0 Å². The van der Waals surface area contributed by atoms with E-state index in [-0.39, 0.29) is 11.9 Å². The number of piperazine rings is 3. The average molecular weight is 337 g/mol. The summed E-state index contributed by atoms with van der Waals surface area (Å²) in [5.41, 5.74) is 0. The number of guanidine groups is 1. The number of esters is 1. The van der Waals surface area contributed by atoms with Crippen LogP contribution in [-0.4, -0.2) is 98.7 Å². The smallest absolute Gasteiger partial charge is 0.310 e. The van der Waals surface area contributed by atoms with Gasteiger partial charge in [0.05, 0.1) is 12.5 Å². The number of carbonyl (C=O) groups is 1. The first-order valence-corrected chi connectivity index (χ1v) is 9.30. The third-order valence-electron chi connectivity index (χ3n) is 5.44. The van der Waals surface area contributed by atoms with Crippen molar-refractivity contribution in [3.63, 3.8) is 0 Å². The highest BCUT2D eigenvalue weighted by Gasteiger charge is 2.33. The summed E-state index contributed by atoms with van der Waals surface area (Å²) in [6, 6.07) is 0.565. The van der Waals surface area contributed by atoms with Gasteiger partial charge in [-0.15, -0.1) is 0 Å². The number of aliphatic imine (C=N–C) groups is 1. The lowest BCUT2D eigenvalue weighted by Crippen LogP contribution is -2.64. The van der Waals surface area contributed by atoms with Gasteiger partial charge in [0.1, 0.15) is 0 Å². The molecule has 0 aromatic rings. The first-order chi connectivity index (χ1) is 11.7. The summed E-state index contributed by atoms with van der Waals surface area (Å²) in [6.07, 6.45) is 1.92. The molecule has 136 valence electrons. The van der Waals surface area contributed by atoms with E-state index in [4.69, 9.17) is 4.74 Å². The zero-order chi connectivity index (χ0) is 16.9. The van der Waals surface area contributed by atoms with Crippen molar-refractivity contribution in [2.75, 3.05) is 66.0 Å². The van der Waals surface area contributed by atoms with Gasteiger partial charge in [-0.1, -0.05) is 0 Å². The lowest BCUT2D eigenvalue weighted by Gasteiger charge is -2.47. The second-order valence-electron chi connectivity index (χ2n) is 6.96. The second-order valence-corrected chi connectivity index (χ2v) is 6.96. The largest absolute Gasteiger partial charge is 0.466 e. The molecule has 1 unspecified atom stereocenters. The number of likely N-dealkylation sites (tertiary alicyclic amines) is 1. The topological polar surface area (TPSA) is 60.4 Å². The van der Waals surface area contributed by atoms with Gasteiger partial charge < -0.3 is 15.0 Å². The molecule has 7 heteroatoms. The number of piperidine rings is 1. The Bertz CT molecular complexity index is 462. The summed E-state index contributed by atoms with van der Waals surface area (Å²) in [5, 5.41) is 3.54. The van der Waals surface area contributed by atoms with Gasteiger partial charge in [-0.2, -0.15) is 0 Å². The third kappa shape index (κ3) is 4.00. The number of rotatable bonds is 4. The van der Waals surface area contributed by atoms with Gasteiger partial charge in [0.25, 0.3) is 0 Å². The van der Waals surface area contributed by atoms with Crippen LogP contribution in [0.4, 0.5) is 0 Å². The number of nitrogens with zero attached hydrogens (tertiary/aromatic N) is 4. The van der Waals surface area contributed by atoms with Crippen LogP contribution in [-0.2, 0) is 9.53 Å². The maximum atomic E-state index is 12.0. The van der Waals surface area contributed by atoms with Crippen LogP contribution in [0.2, 0.25) is 0 Å². The van der Waals surface area contributed by atoms with E-state index in [1.165, 1.54) is 26.2 Å². The normalized spacial score (nSPS) is 33.4. The van der Waals surface area contributed by atoms with Crippen LogP contribution in [0.15, 0.2) is 4.99 Å². The quantitative estimate of drug-likeness (QED) is 0.437. The minimum absolute atomic E-state index is 0.0298. The maximum absolute atomic E-state index is 12.0. The summed E-state index contributed by atoms with van der Waals surface area (Å²) in [4.78, 5) is 23.8. The standard InChI is InChI=1S/C17H31N5O2/c1-3-24-16(23)14-5-4-6-22(12-14)17(18-2)19-11-15-13-20-7-9-21(15)10-8-20/h14-15H,3-13H2,1-2H3,(H,18,19)/t14-,15?/m1/s1. The molecule has 0 radical (unpaired) electrons. The van der Waals surface area contributed by atoms with Crippen LogP contribution in [0.3, 0.4) is 0 Å². The molecule has 0 spiro atoms. The van der Waals surface area contributed by atoms with Crippen LogP contribution >= 0.6 is 0 Å². The monoisotopic (exact) mass is 337 g/mol. The van der Waals surface area contributed by atoms with E-state index in [1.54, 1.807) is 0 Å². The Labute approximate surface area is 145 Å². The Morgan fingerprint density at radius 3 is 2.62 bits per heavy atom. The van der Waals surface area contributed by atoms with E-state index >= 15 is 0 Å². The van der Waals surface area contributed by atoms with Gasteiger partial charge >= 0.3 is 5.97 Å². The minimum atomic E-state index is -0.0684. The highest BCUT2D eigenvalue weighted by atomic mass is 16.5. The molecule has 4 rings (SSSR count). The molecular formula is C17H31N5O2. The Morgan fingerprint density at radius 1 is 1.21 bits per heavy atom. The molecule has 4 aliphatic heterocycles. The molecule has 1 N–H and O–H groups in total. The number of fused-ring (bicyclic) bond motifs is 3. The highest BCUT2D eigenvalue weighted by molar-refractivity contribution is 5.81. The van der Waals surface area contributed by atoms with Crippen molar-refractivity contribution in [1.29, 1.82) is 0 Å². The number of ether oxygens (including phenoxy) is 1. The van der Waals surface area contributed by atoms with Crippen molar-refractivity contribution < 1.29 is 9.53 Å². The fraction of sp³-hybridized carbons (Fsp3) is 0.882. The molecule has 0 aromatic heterocycles. The molecule has 4 saturated heterocycles. The van der Waals surface area contributed by atoms with Crippen molar-refractivity contribution in [1.82, 2.24) is 20.0 Å². The molecule has 2 bridgehead atoms. The fourth-order valence-electron chi connectivity index (χ4n) is 4.08. The van der Waals surface area contributed by atoms with Crippen LogP contribution < -0.4 is 5.32 Å². The van der Waals surface area contributed by atoms with Crippen molar-refractivity contribution in [3.8, 4) is 0 Å². The molecule has 0 aliphatic carbocycles. The molecule has 0 amide bonds. The Balaban J connectivity index is 1.51. The SMILES string of the molecule is CCOC(=O)[C@@H]1CCCN(C(=NC)NCC2CN3CCN2CC3)C1. The van der Waals surface area contributed by atoms with Crippen LogP contribution in [0.5, 0.6) is 0 Å². The molecule has 0 saturated carbocycles. The van der Waals surface area contributed by atoms with Crippen molar-refractivity contribution >= 4 is 11.9 Å². The van der Waals surface area contributed by atoms with Gasteiger partial charge in [-0.3, -0.25) is 19.6 Å². The number of nitrogens with one attached hydrogen (secondary N) is 1. The molecule has 4 heterocycles. The van der Waals surface area contributed by atoms with Crippen LogP contribution in [0.25, 0.3) is 0 Å². The summed E-state index contributed by atoms with van der Waals surface area (Å²) >= 11 is 0. The lowest BCUT2D eigenvalue weighted by atomic mass is 9.98. The van der Waals surface area contributed by atoms with Crippen LogP contribution in [0, 0.1) is 5.92 Å². The minimum Gasteiger partial charge on any atom is -0.466 e. The van der Waals surface area contributed by atoms with Gasteiger partial charge in [-0.25, -0.2) is 0 Å². The molecule has 24 heavy (non-hydrogen) atoms. The molecule has 7 nitrogen and oxygen atoms in total. The van der Waals surface area contributed by atoms with Gasteiger partial charge in [0.15, 0.2) is 5.96 Å². The van der Waals surface area contributed by atoms with E-state index in [0.717, 1.165) is 38.4 Å². The van der Waals surface area contributed by atoms with E-state index in [0.29, 0.717) is 19.2 Å². The first-order valence-electron chi connectivity index (χ1n) is 9.30. The van der Waals surface area contributed by atoms with Gasteiger partial charge in [-0.05, 0) is 19.8 Å². The molecule has 4 aliphatic rings. The zero-order valence-corrected chi connectivity index (χ0v) is 15.0. The summed E-state index contributed by atoms with van der Waals surface area (Å²) in [7, 11) is 1.83. The summed E-state index contributed by atoms with van der Waals surface area (Å²) in [6.45, 7) is 10.8. The van der Waals surface area contributed by atoms with Crippen molar-refractivity contribution in [3.05, 3.63) is 0 Å². The number of hydrogen-bond donors (Lipinski definition) is 1. The van der Waals surface area contributed by atoms with Gasteiger partial charge in [0.2, 0.25) is 0 Å². The van der Waals surface area contributed by atoms with Crippen molar-refractivity contribution in [2.24, 2.45) is 10.9 Å². The first kappa shape index (κ1) is 17.5. The van der Waals surface area contributed by atoms with E-state index < -0.39 is 0 Å².